The summed E-state index contributed by atoms with van der Waals surface area (Å²) in [5, 5.41) is 5.58. The Morgan fingerprint density at radius 1 is 0.938 bits per heavy atom. The monoisotopic (exact) mass is 471 g/mol. The van der Waals surface area contributed by atoms with Gasteiger partial charge in [0.25, 0.3) is 11.1 Å². The molecule has 0 bridgehead atoms. The molecule has 0 radical (unpaired) electrons. The highest BCUT2D eigenvalue weighted by Gasteiger charge is 2.34. The summed E-state index contributed by atoms with van der Waals surface area (Å²) in [5.41, 5.74) is 1.67. The third-order valence-electron chi connectivity index (χ3n) is 4.58. The van der Waals surface area contributed by atoms with E-state index in [2.05, 4.69) is 10.6 Å². The molecule has 0 aromatic heterocycles. The predicted octanol–water partition coefficient (Wildman–Crippen LogP) is 3.24. The van der Waals surface area contributed by atoms with Gasteiger partial charge in [-0.05, 0) is 41.1 Å². The molecule has 0 atom stereocenters. The highest BCUT2D eigenvalue weighted by Crippen LogP contribution is 2.32. The van der Waals surface area contributed by atoms with Crippen molar-refractivity contribution in [1.82, 2.24) is 15.5 Å². The molecule has 1 aliphatic rings. The molecule has 1 saturated heterocycles. The minimum Gasteiger partial charge on any atom is -0.355 e. The molecule has 0 spiro atoms. The third-order valence-corrected chi connectivity index (χ3v) is 5.74. The molecule has 32 heavy (non-hydrogen) atoms. The van der Waals surface area contributed by atoms with Crippen LogP contribution in [0.15, 0.2) is 59.5 Å². The average Bonchev–Trinajstić information content (AvgIpc) is 3.03. The van der Waals surface area contributed by atoms with Crippen LogP contribution in [0.5, 0.6) is 0 Å². The Balaban J connectivity index is 1.37. The van der Waals surface area contributed by atoms with Crippen LogP contribution in [-0.2, 0) is 20.8 Å². The maximum absolute atomic E-state index is 12.5. The van der Waals surface area contributed by atoms with E-state index in [-0.39, 0.29) is 49.5 Å². The van der Waals surface area contributed by atoms with Gasteiger partial charge in [0.15, 0.2) is 0 Å². The first-order valence-electron chi connectivity index (χ1n) is 10.0. The Morgan fingerprint density at radius 2 is 1.62 bits per heavy atom. The fourth-order valence-corrected chi connectivity index (χ4v) is 3.95. The standard InChI is InChI=1S/C23H22ClN3O4S/c24-18-8-6-17(7-9-18)14-19-22(30)27(23(31)32-19)13-12-26-20(28)10-11-25-21(29)15-16-4-2-1-3-5-16/h1-9,14H,10-13,15H2,(H,25,29)(H,26,28)/b19-14-. The van der Waals surface area contributed by atoms with Crippen LogP contribution >= 0.6 is 23.4 Å². The van der Waals surface area contributed by atoms with E-state index >= 15 is 0 Å². The highest BCUT2D eigenvalue weighted by molar-refractivity contribution is 8.18. The Kier molecular flexibility index (Phi) is 8.47. The molecule has 0 aliphatic carbocycles. The molecule has 1 aliphatic heterocycles. The van der Waals surface area contributed by atoms with Crippen molar-refractivity contribution >= 4 is 52.4 Å². The molecule has 166 valence electrons. The summed E-state index contributed by atoms with van der Waals surface area (Å²) in [4.78, 5) is 49.9. The molecule has 0 saturated carbocycles. The molecule has 2 aromatic carbocycles. The average molecular weight is 472 g/mol. The second-order valence-corrected chi connectivity index (χ2v) is 8.43. The van der Waals surface area contributed by atoms with Crippen LogP contribution in [0.1, 0.15) is 17.5 Å². The zero-order valence-corrected chi connectivity index (χ0v) is 18.7. The van der Waals surface area contributed by atoms with Crippen molar-refractivity contribution in [3.63, 3.8) is 0 Å². The molecule has 9 heteroatoms. The fraction of sp³-hybridized carbons (Fsp3) is 0.217. The van der Waals surface area contributed by atoms with Gasteiger partial charge in [0, 0.05) is 31.1 Å². The van der Waals surface area contributed by atoms with Crippen molar-refractivity contribution in [3.05, 3.63) is 75.7 Å². The topological polar surface area (TPSA) is 95.6 Å². The predicted molar refractivity (Wildman–Crippen MR) is 125 cm³/mol. The van der Waals surface area contributed by atoms with Crippen LogP contribution in [0, 0.1) is 0 Å². The summed E-state index contributed by atoms with van der Waals surface area (Å²) in [6.07, 6.45) is 2.00. The fourth-order valence-electron chi connectivity index (χ4n) is 2.96. The van der Waals surface area contributed by atoms with Crippen LogP contribution in [0.3, 0.4) is 0 Å². The van der Waals surface area contributed by atoms with Crippen molar-refractivity contribution in [2.24, 2.45) is 0 Å². The molecule has 1 heterocycles. The summed E-state index contributed by atoms with van der Waals surface area (Å²) in [6, 6.07) is 16.3. The van der Waals surface area contributed by atoms with Gasteiger partial charge in [-0.15, -0.1) is 0 Å². The zero-order chi connectivity index (χ0) is 22.9. The summed E-state index contributed by atoms with van der Waals surface area (Å²) >= 11 is 6.72. The number of rotatable bonds is 9. The van der Waals surface area contributed by atoms with Crippen molar-refractivity contribution in [2.75, 3.05) is 19.6 Å². The molecule has 7 nitrogen and oxygen atoms in total. The number of benzene rings is 2. The highest BCUT2D eigenvalue weighted by atomic mass is 35.5. The number of hydrogen-bond donors (Lipinski definition) is 2. The van der Waals surface area contributed by atoms with Crippen LogP contribution in [0.25, 0.3) is 6.08 Å². The number of imide groups is 1. The van der Waals surface area contributed by atoms with Crippen molar-refractivity contribution < 1.29 is 19.2 Å². The Morgan fingerprint density at radius 3 is 2.34 bits per heavy atom. The van der Waals surface area contributed by atoms with E-state index in [9.17, 15) is 19.2 Å². The van der Waals surface area contributed by atoms with Gasteiger partial charge < -0.3 is 10.6 Å². The largest absolute Gasteiger partial charge is 0.355 e. The lowest BCUT2D eigenvalue weighted by Crippen LogP contribution is -2.38. The Bertz CT molecular complexity index is 1030. The van der Waals surface area contributed by atoms with Gasteiger partial charge in [-0.2, -0.15) is 0 Å². The second kappa shape index (κ2) is 11.5. The van der Waals surface area contributed by atoms with E-state index < -0.39 is 5.91 Å². The maximum atomic E-state index is 12.5. The van der Waals surface area contributed by atoms with E-state index in [0.717, 1.165) is 27.8 Å². The van der Waals surface area contributed by atoms with Crippen LogP contribution in [-0.4, -0.2) is 47.5 Å². The first-order valence-corrected chi connectivity index (χ1v) is 11.2. The summed E-state index contributed by atoms with van der Waals surface area (Å²) in [7, 11) is 0. The quantitative estimate of drug-likeness (QED) is 0.547. The maximum Gasteiger partial charge on any atom is 0.293 e. The molecule has 0 unspecified atom stereocenters. The van der Waals surface area contributed by atoms with E-state index in [1.54, 1.807) is 30.3 Å². The lowest BCUT2D eigenvalue weighted by molar-refractivity contribution is -0.124. The molecule has 1 fully saturated rings. The van der Waals surface area contributed by atoms with E-state index in [4.69, 9.17) is 11.6 Å². The van der Waals surface area contributed by atoms with Gasteiger partial charge >= 0.3 is 0 Å². The van der Waals surface area contributed by atoms with Gasteiger partial charge in [0.1, 0.15) is 0 Å². The molecule has 2 N–H and O–H groups in total. The molecular weight excluding hydrogens is 450 g/mol. The Labute approximate surface area is 195 Å². The number of hydrogen-bond acceptors (Lipinski definition) is 5. The normalized spacial score (nSPS) is 14.7. The van der Waals surface area contributed by atoms with E-state index in [1.165, 1.54) is 0 Å². The number of nitrogens with one attached hydrogen (secondary N) is 2. The molecule has 3 rings (SSSR count). The minimum atomic E-state index is -0.391. The van der Waals surface area contributed by atoms with Crippen LogP contribution in [0.2, 0.25) is 5.02 Å². The van der Waals surface area contributed by atoms with Gasteiger partial charge in [-0.25, -0.2) is 0 Å². The van der Waals surface area contributed by atoms with Gasteiger partial charge in [-0.3, -0.25) is 24.1 Å². The summed E-state index contributed by atoms with van der Waals surface area (Å²) < 4.78 is 0. The van der Waals surface area contributed by atoms with Crippen LogP contribution in [0.4, 0.5) is 4.79 Å². The number of halogens is 1. The molecule has 2 aromatic rings. The van der Waals surface area contributed by atoms with Gasteiger partial charge in [0.2, 0.25) is 11.8 Å². The molecule has 4 amide bonds. The summed E-state index contributed by atoms with van der Waals surface area (Å²) in [6.45, 7) is 0.431. The number of thioether (sulfide) groups is 1. The smallest absolute Gasteiger partial charge is 0.293 e. The lowest BCUT2D eigenvalue weighted by Gasteiger charge is -2.13. The first kappa shape index (κ1) is 23.6. The number of carbonyl (C=O) groups excluding carboxylic acids is 4. The van der Waals surface area contributed by atoms with Crippen molar-refractivity contribution in [1.29, 1.82) is 0 Å². The van der Waals surface area contributed by atoms with Crippen LogP contribution < -0.4 is 10.6 Å². The number of carbonyl (C=O) groups is 4. The third kappa shape index (κ3) is 6.96. The van der Waals surface area contributed by atoms with E-state index in [0.29, 0.717) is 9.93 Å². The Hall–Kier alpha value is -3.10. The van der Waals surface area contributed by atoms with Gasteiger partial charge in [0.05, 0.1) is 11.3 Å². The first-order chi connectivity index (χ1) is 15.4. The molecular formula is C23H22ClN3O4S. The minimum absolute atomic E-state index is 0.0781. The number of nitrogens with zero attached hydrogens (tertiary/aromatic N) is 1. The summed E-state index contributed by atoms with van der Waals surface area (Å²) in [5.74, 6) is -0.819. The second-order valence-electron chi connectivity index (χ2n) is 7.00. The van der Waals surface area contributed by atoms with Crippen molar-refractivity contribution in [2.45, 2.75) is 12.8 Å². The van der Waals surface area contributed by atoms with Gasteiger partial charge in [-0.1, -0.05) is 54.1 Å². The zero-order valence-electron chi connectivity index (χ0n) is 17.2. The number of amides is 4. The van der Waals surface area contributed by atoms with Crippen molar-refractivity contribution in [3.8, 4) is 0 Å². The van der Waals surface area contributed by atoms with E-state index in [1.807, 2.05) is 30.3 Å². The SMILES string of the molecule is O=C(CCNC(=O)Cc1ccccc1)NCCN1C(=O)S/C(=C\c2ccc(Cl)cc2)C1=O. The lowest BCUT2D eigenvalue weighted by atomic mass is 10.1.